The number of fused-ring (bicyclic) bond motifs is 1. The fourth-order valence-corrected chi connectivity index (χ4v) is 1.84. The van der Waals surface area contributed by atoms with Crippen LogP contribution in [0.1, 0.15) is 36.9 Å². The Balaban J connectivity index is 2.87. The molecule has 2 aromatic rings. The fourth-order valence-electron chi connectivity index (χ4n) is 1.84. The maximum atomic E-state index is 12.4. The average molecular weight is 248 g/mol. The minimum atomic E-state index is -0.567. The molecule has 0 unspecified atom stereocenters. The molecule has 0 aliphatic rings. The number of hydrogen-bond donors (Lipinski definition) is 0. The average Bonchev–Trinajstić information content (AvgIpc) is 2.58. The van der Waals surface area contributed by atoms with Crippen LogP contribution in [-0.4, -0.2) is 15.3 Å². The lowest BCUT2D eigenvalue weighted by atomic mass is 9.86. The van der Waals surface area contributed by atoms with Crippen LogP contribution in [0.4, 0.5) is 0 Å². The molecule has 0 saturated heterocycles. The number of aryl methyl sites for hydroxylation is 2. The van der Waals surface area contributed by atoms with E-state index in [1.165, 1.54) is 10.9 Å². The van der Waals surface area contributed by atoms with E-state index in [2.05, 4.69) is 4.98 Å². The normalized spacial score (nSPS) is 12.1. The lowest BCUT2D eigenvalue weighted by Crippen LogP contribution is -2.24. The zero-order valence-electron chi connectivity index (χ0n) is 11.2. The van der Waals surface area contributed by atoms with Gasteiger partial charge in [0.1, 0.15) is 17.5 Å². The summed E-state index contributed by atoms with van der Waals surface area (Å²) < 4.78 is 6.75. The molecule has 0 N–H and O–H groups in total. The van der Waals surface area contributed by atoms with Gasteiger partial charge in [-0.25, -0.2) is 4.98 Å². The molecule has 0 saturated carbocycles. The Bertz CT molecular complexity index is 687. The molecule has 0 radical (unpaired) electrons. The van der Waals surface area contributed by atoms with Gasteiger partial charge in [0, 0.05) is 12.5 Å². The maximum absolute atomic E-state index is 12.4. The molecule has 0 fully saturated rings. The number of rotatable bonds is 1. The summed E-state index contributed by atoms with van der Waals surface area (Å²) in [6.07, 6.45) is 1.39. The van der Waals surface area contributed by atoms with E-state index in [0.29, 0.717) is 11.3 Å². The van der Waals surface area contributed by atoms with Gasteiger partial charge in [-0.05, 0) is 6.92 Å². The van der Waals surface area contributed by atoms with Crippen molar-refractivity contribution in [3.8, 4) is 0 Å². The van der Waals surface area contributed by atoms with Gasteiger partial charge in [-0.1, -0.05) is 20.8 Å². The summed E-state index contributed by atoms with van der Waals surface area (Å²) in [4.78, 5) is 28.5. The van der Waals surface area contributed by atoms with Crippen molar-refractivity contribution in [1.82, 2.24) is 9.55 Å². The summed E-state index contributed by atoms with van der Waals surface area (Å²) in [7, 11) is 1.60. The van der Waals surface area contributed by atoms with Crippen LogP contribution in [0.5, 0.6) is 0 Å². The Kier molecular flexibility index (Phi) is 2.65. The van der Waals surface area contributed by atoms with Crippen LogP contribution in [0.25, 0.3) is 11.1 Å². The van der Waals surface area contributed by atoms with Crippen LogP contribution in [0.15, 0.2) is 15.5 Å². The highest BCUT2D eigenvalue weighted by Gasteiger charge is 2.30. The quantitative estimate of drug-likeness (QED) is 0.724. The van der Waals surface area contributed by atoms with Crippen molar-refractivity contribution in [2.75, 3.05) is 0 Å². The minimum Gasteiger partial charge on any atom is -0.442 e. The number of aromatic nitrogens is 2. The predicted octanol–water partition coefficient (Wildman–Crippen LogP) is 2.06. The number of furan rings is 1. The topological polar surface area (TPSA) is 65.1 Å². The molecule has 0 amide bonds. The van der Waals surface area contributed by atoms with Crippen molar-refractivity contribution in [2.45, 2.75) is 27.7 Å². The van der Waals surface area contributed by atoms with Crippen LogP contribution in [0.2, 0.25) is 0 Å². The molecule has 0 aliphatic heterocycles. The van der Waals surface area contributed by atoms with E-state index in [-0.39, 0.29) is 22.4 Å². The third kappa shape index (κ3) is 1.75. The number of nitrogens with zero attached hydrogens (tertiary/aromatic N) is 2. The van der Waals surface area contributed by atoms with Gasteiger partial charge in [-0.3, -0.25) is 9.59 Å². The second-order valence-corrected chi connectivity index (χ2v) is 5.45. The van der Waals surface area contributed by atoms with E-state index >= 15 is 0 Å². The molecule has 5 nitrogen and oxygen atoms in total. The summed E-state index contributed by atoms with van der Waals surface area (Å²) >= 11 is 0. The summed E-state index contributed by atoms with van der Waals surface area (Å²) in [5.74, 6) is 0.338. The SMILES string of the molecule is Cc1oc2ncn(C)c(=O)c2c1C(=O)C(C)(C)C. The smallest absolute Gasteiger partial charge is 0.265 e. The Morgan fingerprint density at radius 1 is 1.39 bits per heavy atom. The van der Waals surface area contributed by atoms with Crippen molar-refractivity contribution >= 4 is 16.9 Å². The van der Waals surface area contributed by atoms with Gasteiger partial charge >= 0.3 is 0 Å². The van der Waals surface area contributed by atoms with E-state index in [9.17, 15) is 9.59 Å². The highest BCUT2D eigenvalue weighted by Crippen LogP contribution is 2.28. The Morgan fingerprint density at radius 3 is 2.56 bits per heavy atom. The zero-order valence-corrected chi connectivity index (χ0v) is 11.2. The number of ketones is 1. The minimum absolute atomic E-state index is 0.108. The van der Waals surface area contributed by atoms with Crippen LogP contribution < -0.4 is 5.56 Å². The Morgan fingerprint density at radius 2 is 2.00 bits per heavy atom. The molecule has 0 aliphatic carbocycles. The van der Waals surface area contributed by atoms with E-state index in [1.807, 2.05) is 20.8 Å². The predicted molar refractivity (Wildman–Crippen MR) is 67.8 cm³/mol. The van der Waals surface area contributed by atoms with E-state index < -0.39 is 5.41 Å². The number of Topliss-reactive ketones (excluding diaryl/α,β-unsaturated/α-hetero) is 1. The van der Waals surface area contributed by atoms with Gasteiger partial charge in [0.05, 0.1) is 5.56 Å². The van der Waals surface area contributed by atoms with Gasteiger partial charge in [0.15, 0.2) is 5.78 Å². The second kappa shape index (κ2) is 3.80. The van der Waals surface area contributed by atoms with Crippen molar-refractivity contribution in [2.24, 2.45) is 12.5 Å². The van der Waals surface area contributed by atoms with Crippen molar-refractivity contribution in [3.63, 3.8) is 0 Å². The molecule has 2 aromatic heterocycles. The third-order valence-electron chi connectivity index (χ3n) is 2.86. The molecule has 2 heterocycles. The molecule has 5 heteroatoms. The first-order valence-electron chi connectivity index (χ1n) is 5.73. The molecular weight excluding hydrogens is 232 g/mol. The lowest BCUT2D eigenvalue weighted by molar-refractivity contribution is 0.0858. The van der Waals surface area contributed by atoms with Crippen LogP contribution in [0.3, 0.4) is 0 Å². The van der Waals surface area contributed by atoms with Crippen LogP contribution in [-0.2, 0) is 7.05 Å². The largest absolute Gasteiger partial charge is 0.442 e. The molecule has 0 bridgehead atoms. The highest BCUT2D eigenvalue weighted by molar-refractivity contribution is 6.09. The number of hydrogen-bond acceptors (Lipinski definition) is 4. The standard InChI is InChI=1S/C13H16N2O3/c1-7-8(10(16)13(2,3)4)9-11(18-7)14-6-15(5)12(9)17/h6H,1-5H3. The monoisotopic (exact) mass is 248 g/mol. The van der Waals surface area contributed by atoms with Gasteiger partial charge < -0.3 is 8.98 Å². The van der Waals surface area contributed by atoms with E-state index in [4.69, 9.17) is 4.42 Å². The Hall–Kier alpha value is -1.91. The van der Waals surface area contributed by atoms with E-state index in [1.54, 1.807) is 14.0 Å². The Labute approximate surface area is 104 Å². The lowest BCUT2D eigenvalue weighted by Gasteiger charge is -2.15. The first-order valence-corrected chi connectivity index (χ1v) is 5.73. The van der Waals surface area contributed by atoms with Crippen molar-refractivity contribution < 1.29 is 9.21 Å². The third-order valence-corrected chi connectivity index (χ3v) is 2.86. The molecule has 2 rings (SSSR count). The summed E-state index contributed by atoms with van der Waals surface area (Å²) in [6, 6.07) is 0. The molecule has 0 atom stereocenters. The summed E-state index contributed by atoms with van der Waals surface area (Å²) in [5, 5.41) is 0.275. The molecule has 0 aromatic carbocycles. The first-order chi connectivity index (χ1) is 8.23. The summed E-state index contributed by atoms with van der Waals surface area (Å²) in [6.45, 7) is 7.12. The van der Waals surface area contributed by atoms with Gasteiger partial charge in [0.2, 0.25) is 5.71 Å². The number of carbonyl (C=O) groups excluding carboxylic acids is 1. The number of carbonyl (C=O) groups is 1. The van der Waals surface area contributed by atoms with Crippen molar-refractivity contribution in [3.05, 3.63) is 28.0 Å². The molecule has 0 spiro atoms. The second-order valence-electron chi connectivity index (χ2n) is 5.45. The van der Waals surface area contributed by atoms with E-state index in [0.717, 1.165) is 0 Å². The van der Waals surface area contributed by atoms with Crippen LogP contribution in [0, 0.1) is 12.3 Å². The van der Waals surface area contributed by atoms with Gasteiger partial charge in [-0.15, -0.1) is 0 Å². The fraction of sp³-hybridized carbons (Fsp3) is 0.462. The molecule has 18 heavy (non-hydrogen) atoms. The first kappa shape index (κ1) is 12.5. The molecular formula is C13H16N2O3. The molecule has 96 valence electrons. The van der Waals surface area contributed by atoms with Crippen LogP contribution >= 0.6 is 0 Å². The van der Waals surface area contributed by atoms with Gasteiger partial charge in [-0.2, -0.15) is 0 Å². The zero-order chi connectivity index (χ0) is 13.7. The summed E-state index contributed by atoms with van der Waals surface area (Å²) in [5.41, 5.74) is -0.249. The maximum Gasteiger partial charge on any atom is 0.265 e. The van der Waals surface area contributed by atoms with Crippen molar-refractivity contribution in [1.29, 1.82) is 0 Å². The van der Waals surface area contributed by atoms with Gasteiger partial charge in [0.25, 0.3) is 5.56 Å². The highest BCUT2D eigenvalue weighted by atomic mass is 16.3.